The summed E-state index contributed by atoms with van der Waals surface area (Å²) in [6.07, 6.45) is 1.50. The average molecular weight is 283 g/mol. The molecule has 0 fully saturated rings. The zero-order valence-electron chi connectivity index (χ0n) is 11.0. The number of guanidine groups is 1. The zero-order valence-corrected chi connectivity index (χ0v) is 11.0. The van der Waals surface area contributed by atoms with E-state index in [1.165, 1.54) is 12.3 Å². The highest BCUT2D eigenvalue weighted by molar-refractivity contribution is 5.86. The first kappa shape index (κ1) is 14.2. The van der Waals surface area contributed by atoms with Crippen LogP contribution in [-0.2, 0) is 0 Å². The molecule has 0 unspecified atom stereocenters. The molecule has 1 aromatic carbocycles. The third kappa shape index (κ3) is 3.87. The molecule has 2 aromatic rings. The minimum Gasteiger partial charge on any atom is -0.477 e. The van der Waals surface area contributed by atoms with Gasteiger partial charge in [-0.1, -0.05) is 30.3 Å². The van der Waals surface area contributed by atoms with Crippen molar-refractivity contribution in [3.8, 4) is 11.3 Å². The van der Waals surface area contributed by atoms with Gasteiger partial charge in [-0.05, 0) is 17.7 Å². The molecule has 0 saturated heterocycles. The fourth-order valence-electron chi connectivity index (χ4n) is 1.62. The molecule has 1 aromatic heterocycles. The van der Waals surface area contributed by atoms with E-state index in [1.54, 1.807) is 24.3 Å². The maximum absolute atomic E-state index is 10.9. The van der Waals surface area contributed by atoms with Crippen LogP contribution in [0.1, 0.15) is 16.1 Å². The van der Waals surface area contributed by atoms with Gasteiger partial charge < -0.3 is 16.6 Å². The molecule has 2 rings (SSSR count). The molecule has 0 amide bonds. The molecule has 7 nitrogen and oxygen atoms in total. The highest BCUT2D eigenvalue weighted by Gasteiger charge is 2.06. The Morgan fingerprint density at radius 2 is 1.86 bits per heavy atom. The van der Waals surface area contributed by atoms with Gasteiger partial charge in [0, 0.05) is 5.56 Å². The van der Waals surface area contributed by atoms with E-state index in [0.29, 0.717) is 5.69 Å². The Labute approximate surface area is 120 Å². The lowest BCUT2D eigenvalue weighted by molar-refractivity contribution is 0.0690. The number of rotatable bonds is 4. The number of nitrogens with zero attached hydrogens (tertiary/aromatic N) is 3. The number of hydrogen-bond acceptors (Lipinski definition) is 4. The van der Waals surface area contributed by atoms with Gasteiger partial charge in [0.25, 0.3) is 0 Å². The smallest absolute Gasteiger partial charge is 0.354 e. The number of benzene rings is 1. The van der Waals surface area contributed by atoms with E-state index < -0.39 is 5.97 Å². The summed E-state index contributed by atoms with van der Waals surface area (Å²) in [6.45, 7) is 0. The summed E-state index contributed by atoms with van der Waals surface area (Å²) in [6, 6.07) is 12.1. The van der Waals surface area contributed by atoms with E-state index in [4.69, 9.17) is 16.6 Å². The molecule has 0 saturated carbocycles. The van der Waals surface area contributed by atoms with Gasteiger partial charge in [-0.15, -0.1) is 5.10 Å². The third-order valence-electron chi connectivity index (χ3n) is 2.55. The normalized spacial score (nSPS) is 10.5. The Hall–Kier alpha value is -3.22. The van der Waals surface area contributed by atoms with E-state index in [-0.39, 0.29) is 11.7 Å². The SMILES string of the molecule is NC(N)=NN=Cc1ccc(-c2cccc(C(=O)O)n2)cc1. The summed E-state index contributed by atoms with van der Waals surface area (Å²) in [5, 5.41) is 16.1. The first-order valence-electron chi connectivity index (χ1n) is 5.99. The number of carboxylic acid groups (broad SMARTS) is 1. The fraction of sp³-hybridized carbons (Fsp3) is 0. The third-order valence-corrected chi connectivity index (χ3v) is 2.55. The Kier molecular flexibility index (Phi) is 4.25. The van der Waals surface area contributed by atoms with Gasteiger partial charge >= 0.3 is 5.97 Å². The molecule has 0 radical (unpaired) electrons. The summed E-state index contributed by atoms with van der Waals surface area (Å²) in [7, 11) is 0. The van der Waals surface area contributed by atoms with Crippen LogP contribution in [0, 0.1) is 0 Å². The lowest BCUT2D eigenvalue weighted by Crippen LogP contribution is -2.21. The average Bonchev–Trinajstić information content (AvgIpc) is 2.48. The number of nitrogens with two attached hydrogens (primary N) is 2. The number of aromatic carboxylic acids is 1. The van der Waals surface area contributed by atoms with Crippen molar-refractivity contribution in [3.63, 3.8) is 0 Å². The van der Waals surface area contributed by atoms with Crippen molar-refractivity contribution in [2.45, 2.75) is 0 Å². The van der Waals surface area contributed by atoms with Crippen molar-refractivity contribution in [2.24, 2.45) is 21.7 Å². The van der Waals surface area contributed by atoms with Gasteiger partial charge in [0.15, 0.2) is 0 Å². The summed E-state index contributed by atoms with van der Waals surface area (Å²) < 4.78 is 0. The van der Waals surface area contributed by atoms with Crippen LogP contribution in [0.5, 0.6) is 0 Å². The van der Waals surface area contributed by atoms with Gasteiger partial charge in [0.2, 0.25) is 5.96 Å². The molecule has 21 heavy (non-hydrogen) atoms. The largest absolute Gasteiger partial charge is 0.477 e. The molecule has 1 heterocycles. The topological polar surface area (TPSA) is 127 Å². The summed E-state index contributed by atoms with van der Waals surface area (Å²) in [5.74, 6) is -1.17. The predicted octanol–water partition coefficient (Wildman–Crippen LogP) is 1.05. The van der Waals surface area contributed by atoms with Crippen LogP contribution in [0.3, 0.4) is 0 Å². The number of carboxylic acids is 1. The molecule has 0 spiro atoms. The lowest BCUT2D eigenvalue weighted by atomic mass is 10.1. The van der Waals surface area contributed by atoms with Crippen LogP contribution in [0.25, 0.3) is 11.3 Å². The monoisotopic (exact) mass is 283 g/mol. The Bertz CT molecular complexity index is 704. The minimum atomic E-state index is -1.06. The first-order valence-corrected chi connectivity index (χ1v) is 5.99. The van der Waals surface area contributed by atoms with Crippen molar-refractivity contribution < 1.29 is 9.90 Å². The molecule has 0 aliphatic rings. The number of hydrogen-bond donors (Lipinski definition) is 3. The molecule has 0 aliphatic heterocycles. The number of aromatic nitrogens is 1. The molecule has 7 heteroatoms. The summed E-state index contributed by atoms with van der Waals surface area (Å²) >= 11 is 0. The number of carbonyl (C=O) groups is 1. The fourth-order valence-corrected chi connectivity index (χ4v) is 1.62. The van der Waals surface area contributed by atoms with E-state index in [2.05, 4.69) is 15.2 Å². The van der Waals surface area contributed by atoms with Crippen molar-refractivity contribution >= 4 is 18.1 Å². The second-order valence-electron chi connectivity index (χ2n) is 4.10. The highest BCUT2D eigenvalue weighted by Crippen LogP contribution is 2.17. The Morgan fingerprint density at radius 1 is 1.14 bits per heavy atom. The lowest BCUT2D eigenvalue weighted by Gasteiger charge is -2.02. The highest BCUT2D eigenvalue weighted by atomic mass is 16.4. The standard InChI is InChI=1S/C14H13N5O2/c15-14(16)19-17-8-9-4-6-10(7-5-9)11-2-1-3-12(18-11)13(20)21/h1-8H,(H,20,21)(H4,15,16,19). The van der Waals surface area contributed by atoms with Crippen molar-refractivity contribution in [3.05, 3.63) is 53.7 Å². The molecule has 5 N–H and O–H groups in total. The summed E-state index contributed by atoms with van der Waals surface area (Å²) in [5.41, 5.74) is 12.5. The maximum Gasteiger partial charge on any atom is 0.354 e. The quantitative estimate of drug-likeness (QED) is 0.439. The van der Waals surface area contributed by atoms with Crippen molar-refractivity contribution in [2.75, 3.05) is 0 Å². The van der Waals surface area contributed by atoms with E-state index in [1.807, 2.05) is 12.1 Å². The Balaban J connectivity index is 2.23. The Morgan fingerprint density at radius 3 is 2.48 bits per heavy atom. The maximum atomic E-state index is 10.9. The molecule has 0 bridgehead atoms. The van der Waals surface area contributed by atoms with Gasteiger partial charge in [-0.25, -0.2) is 9.78 Å². The van der Waals surface area contributed by atoms with E-state index in [9.17, 15) is 4.79 Å². The number of pyridine rings is 1. The van der Waals surface area contributed by atoms with Crippen molar-refractivity contribution in [1.29, 1.82) is 0 Å². The second-order valence-corrected chi connectivity index (χ2v) is 4.10. The molecule has 0 aliphatic carbocycles. The van der Waals surface area contributed by atoms with Crippen LogP contribution >= 0.6 is 0 Å². The van der Waals surface area contributed by atoms with Crippen LogP contribution in [0.2, 0.25) is 0 Å². The minimum absolute atomic E-state index is 0.00546. The first-order chi connectivity index (χ1) is 10.1. The van der Waals surface area contributed by atoms with Crippen LogP contribution in [0.15, 0.2) is 52.7 Å². The molecular formula is C14H13N5O2. The van der Waals surface area contributed by atoms with Crippen LogP contribution in [0.4, 0.5) is 0 Å². The predicted molar refractivity (Wildman–Crippen MR) is 80.0 cm³/mol. The second kappa shape index (κ2) is 6.29. The zero-order chi connectivity index (χ0) is 15.2. The van der Waals surface area contributed by atoms with Crippen LogP contribution < -0.4 is 11.5 Å². The summed E-state index contributed by atoms with van der Waals surface area (Å²) in [4.78, 5) is 15.0. The molecule has 106 valence electrons. The van der Waals surface area contributed by atoms with Gasteiger partial charge in [0.05, 0.1) is 11.9 Å². The van der Waals surface area contributed by atoms with Crippen molar-refractivity contribution in [1.82, 2.24) is 4.98 Å². The van der Waals surface area contributed by atoms with E-state index in [0.717, 1.165) is 11.1 Å². The van der Waals surface area contributed by atoms with Gasteiger partial charge in [0.1, 0.15) is 5.69 Å². The van der Waals surface area contributed by atoms with Crippen LogP contribution in [-0.4, -0.2) is 28.2 Å². The molecular weight excluding hydrogens is 270 g/mol. The van der Waals surface area contributed by atoms with Gasteiger partial charge in [-0.2, -0.15) is 5.10 Å². The van der Waals surface area contributed by atoms with Gasteiger partial charge in [-0.3, -0.25) is 0 Å². The molecule has 0 atom stereocenters. The van der Waals surface area contributed by atoms with E-state index >= 15 is 0 Å².